The van der Waals surface area contributed by atoms with E-state index in [2.05, 4.69) is 15.8 Å². The first kappa shape index (κ1) is 21.1. The Balaban J connectivity index is 1.40. The number of hydrogen-bond acceptors (Lipinski definition) is 4. The van der Waals surface area contributed by atoms with Crippen LogP contribution in [0.25, 0.3) is 21.8 Å². The molecule has 0 saturated carbocycles. The van der Waals surface area contributed by atoms with Crippen molar-refractivity contribution in [2.24, 2.45) is 5.16 Å². The number of fused-ring (bicyclic) bond motifs is 3. The Morgan fingerprint density at radius 1 is 0.800 bits per heavy atom. The van der Waals surface area contributed by atoms with E-state index in [0.717, 1.165) is 38.6 Å². The molecule has 0 saturated heterocycles. The predicted octanol–water partition coefficient (Wildman–Crippen LogP) is 6.30. The molecule has 6 rings (SSSR count). The standard InChI is InChI=1S/C30H22N2O3/c1-19-10-12-20(13-11-19)29(33)22-14-15-27-25(18-22)23-8-5-9-24-26(16-17-32(27)28(23)24)31-35-30(34)21-6-3-2-4-7-21/h2-15,18H,16-17H2,1H3/b31-26+. The van der Waals surface area contributed by atoms with E-state index in [-0.39, 0.29) is 5.78 Å². The molecule has 1 aliphatic heterocycles. The zero-order valence-electron chi connectivity index (χ0n) is 19.2. The summed E-state index contributed by atoms with van der Waals surface area (Å²) in [6, 6.07) is 28.5. The number of carbonyl (C=O) groups excluding carboxylic acids is 2. The summed E-state index contributed by atoms with van der Waals surface area (Å²) in [5, 5.41) is 6.33. The molecule has 0 bridgehead atoms. The molecule has 0 aliphatic carbocycles. The minimum Gasteiger partial charge on any atom is -0.340 e. The summed E-state index contributed by atoms with van der Waals surface area (Å²) in [7, 11) is 0. The maximum absolute atomic E-state index is 13.1. The zero-order valence-corrected chi connectivity index (χ0v) is 19.2. The lowest BCUT2D eigenvalue weighted by Gasteiger charge is -2.18. The average Bonchev–Trinajstić information content (AvgIpc) is 3.23. The number of aryl methyl sites for hydroxylation is 2. The predicted molar refractivity (Wildman–Crippen MR) is 137 cm³/mol. The second kappa shape index (κ2) is 8.37. The fraction of sp³-hybridized carbons (Fsp3) is 0.100. The highest BCUT2D eigenvalue weighted by molar-refractivity contribution is 6.20. The molecule has 1 aromatic heterocycles. The molecule has 5 nitrogen and oxygen atoms in total. The fourth-order valence-electron chi connectivity index (χ4n) is 4.81. The van der Waals surface area contributed by atoms with E-state index in [1.165, 1.54) is 0 Å². The second-order valence-electron chi connectivity index (χ2n) is 8.81. The molecule has 0 amide bonds. The number of aromatic nitrogens is 1. The Hall–Kier alpha value is -4.51. The SMILES string of the molecule is Cc1ccc(C(=O)c2ccc3c(c2)c2cccc4c2n3CC/C4=N\OC(=O)c2ccccc2)cc1. The summed E-state index contributed by atoms with van der Waals surface area (Å²) in [6.07, 6.45) is 0.641. The van der Waals surface area contributed by atoms with Gasteiger partial charge in [-0.05, 0) is 37.3 Å². The minimum absolute atomic E-state index is 0.00824. The van der Waals surface area contributed by atoms with Crippen LogP contribution in [-0.2, 0) is 11.4 Å². The molecule has 0 N–H and O–H groups in total. The molecule has 0 spiro atoms. The van der Waals surface area contributed by atoms with Gasteiger partial charge in [0.2, 0.25) is 0 Å². The van der Waals surface area contributed by atoms with Crippen molar-refractivity contribution in [1.82, 2.24) is 4.57 Å². The molecular weight excluding hydrogens is 436 g/mol. The number of oxime groups is 1. The molecule has 1 aliphatic rings. The van der Waals surface area contributed by atoms with Crippen molar-refractivity contribution < 1.29 is 14.4 Å². The second-order valence-corrected chi connectivity index (χ2v) is 8.81. The van der Waals surface area contributed by atoms with Crippen molar-refractivity contribution >= 4 is 39.3 Å². The van der Waals surface area contributed by atoms with Crippen LogP contribution < -0.4 is 0 Å². The number of carbonyl (C=O) groups is 2. The number of rotatable bonds is 4. The van der Waals surface area contributed by atoms with Gasteiger partial charge in [0, 0.05) is 45.9 Å². The monoisotopic (exact) mass is 458 g/mol. The van der Waals surface area contributed by atoms with Crippen molar-refractivity contribution in [3.63, 3.8) is 0 Å². The molecule has 35 heavy (non-hydrogen) atoms. The van der Waals surface area contributed by atoms with Gasteiger partial charge in [-0.1, -0.05) is 71.4 Å². The van der Waals surface area contributed by atoms with E-state index < -0.39 is 5.97 Å². The van der Waals surface area contributed by atoms with Crippen molar-refractivity contribution in [3.05, 3.63) is 119 Å². The Kier molecular flexibility index (Phi) is 5.03. The Bertz CT molecular complexity index is 1640. The Labute approximate surface area is 202 Å². The third-order valence-corrected chi connectivity index (χ3v) is 6.59. The maximum atomic E-state index is 13.1. The summed E-state index contributed by atoms with van der Waals surface area (Å²) in [5.41, 5.74) is 6.73. The van der Waals surface area contributed by atoms with Gasteiger partial charge in [0.1, 0.15) is 0 Å². The van der Waals surface area contributed by atoms with Crippen LogP contribution in [0.4, 0.5) is 0 Å². The fourth-order valence-corrected chi connectivity index (χ4v) is 4.81. The summed E-state index contributed by atoms with van der Waals surface area (Å²) >= 11 is 0. The van der Waals surface area contributed by atoms with Gasteiger partial charge in [-0.25, -0.2) is 4.79 Å². The number of ketones is 1. The van der Waals surface area contributed by atoms with Crippen molar-refractivity contribution in [3.8, 4) is 0 Å². The number of hydrogen-bond donors (Lipinski definition) is 0. The van der Waals surface area contributed by atoms with E-state index in [1.807, 2.05) is 67.6 Å². The highest BCUT2D eigenvalue weighted by atomic mass is 16.7. The van der Waals surface area contributed by atoms with E-state index in [4.69, 9.17) is 4.84 Å². The summed E-state index contributed by atoms with van der Waals surface area (Å²) in [5.74, 6) is -0.468. The maximum Gasteiger partial charge on any atom is 0.365 e. The third-order valence-electron chi connectivity index (χ3n) is 6.59. The minimum atomic E-state index is -0.476. The molecular formula is C30H22N2O3. The first-order valence-electron chi connectivity index (χ1n) is 11.6. The molecule has 0 radical (unpaired) electrons. The van der Waals surface area contributed by atoms with Gasteiger partial charge in [-0.15, -0.1) is 0 Å². The van der Waals surface area contributed by atoms with Gasteiger partial charge in [-0.3, -0.25) is 4.79 Å². The largest absolute Gasteiger partial charge is 0.365 e. The van der Waals surface area contributed by atoms with Crippen molar-refractivity contribution in [1.29, 1.82) is 0 Å². The first-order valence-corrected chi connectivity index (χ1v) is 11.6. The van der Waals surface area contributed by atoms with Crippen LogP contribution in [0.15, 0.2) is 96.2 Å². The van der Waals surface area contributed by atoms with Crippen LogP contribution in [0, 0.1) is 6.92 Å². The van der Waals surface area contributed by atoms with Gasteiger partial charge in [0.15, 0.2) is 5.78 Å². The molecule has 0 atom stereocenters. The van der Waals surface area contributed by atoms with Crippen LogP contribution >= 0.6 is 0 Å². The van der Waals surface area contributed by atoms with Crippen LogP contribution in [0.5, 0.6) is 0 Å². The van der Waals surface area contributed by atoms with E-state index in [9.17, 15) is 9.59 Å². The summed E-state index contributed by atoms with van der Waals surface area (Å²) < 4.78 is 2.26. The zero-order chi connectivity index (χ0) is 23.9. The molecule has 0 unspecified atom stereocenters. The molecule has 4 aromatic carbocycles. The highest BCUT2D eigenvalue weighted by Crippen LogP contribution is 2.35. The van der Waals surface area contributed by atoms with Crippen LogP contribution in [-0.4, -0.2) is 22.0 Å². The normalized spacial score (nSPS) is 13.9. The van der Waals surface area contributed by atoms with Crippen LogP contribution in [0.1, 0.15) is 43.8 Å². The average molecular weight is 459 g/mol. The van der Waals surface area contributed by atoms with Gasteiger partial charge in [0.05, 0.1) is 16.8 Å². The van der Waals surface area contributed by atoms with Crippen molar-refractivity contribution in [2.45, 2.75) is 19.9 Å². The van der Waals surface area contributed by atoms with Crippen LogP contribution in [0.3, 0.4) is 0 Å². The highest BCUT2D eigenvalue weighted by Gasteiger charge is 2.23. The number of nitrogens with zero attached hydrogens (tertiary/aromatic N) is 2. The van der Waals surface area contributed by atoms with Gasteiger partial charge < -0.3 is 9.40 Å². The van der Waals surface area contributed by atoms with E-state index in [0.29, 0.717) is 29.7 Å². The van der Waals surface area contributed by atoms with Gasteiger partial charge in [0.25, 0.3) is 0 Å². The number of para-hydroxylation sites is 1. The summed E-state index contributed by atoms with van der Waals surface area (Å²) in [4.78, 5) is 30.8. The van der Waals surface area contributed by atoms with E-state index >= 15 is 0 Å². The molecule has 170 valence electrons. The molecule has 5 aromatic rings. The third kappa shape index (κ3) is 3.62. The quantitative estimate of drug-likeness (QED) is 0.180. The van der Waals surface area contributed by atoms with Gasteiger partial charge >= 0.3 is 5.97 Å². The molecule has 0 fully saturated rings. The lowest BCUT2D eigenvalue weighted by atomic mass is 9.99. The van der Waals surface area contributed by atoms with E-state index in [1.54, 1.807) is 24.3 Å². The van der Waals surface area contributed by atoms with Crippen LogP contribution in [0.2, 0.25) is 0 Å². The number of benzene rings is 4. The van der Waals surface area contributed by atoms with Crippen molar-refractivity contribution in [2.75, 3.05) is 0 Å². The molecule has 5 heteroatoms. The lowest BCUT2D eigenvalue weighted by Crippen LogP contribution is -2.16. The summed E-state index contributed by atoms with van der Waals surface area (Å²) in [6.45, 7) is 2.72. The lowest BCUT2D eigenvalue weighted by molar-refractivity contribution is 0.0515. The smallest absolute Gasteiger partial charge is 0.340 e. The topological polar surface area (TPSA) is 60.7 Å². The Morgan fingerprint density at radius 2 is 1.57 bits per heavy atom. The Morgan fingerprint density at radius 3 is 2.37 bits per heavy atom. The van der Waals surface area contributed by atoms with Gasteiger partial charge in [-0.2, -0.15) is 0 Å². The molecule has 2 heterocycles. The first-order chi connectivity index (χ1) is 17.1.